The second kappa shape index (κ2) is 7.50. The normalized spacial score (nSPS) is 16.2. The Labute approximate surface area is 176 Å². The van der Waals surface area contributed by atoms with Gasteiger partial charge in [0.05, 0.1) is 21.1 Å². The van der Waals surface area contributed by atoms with E-state index in [9.17, 15) is 9.59 Å². The average molecular weight is 436 g/mol. The minimum Gasteiger partial charge on any atom is -0.323 e. The lowest BCUT2D eigenvalue weighted by atomic mass is 9.89. The van der Waals surface area contributed by atoms with Crippen LogP contribution in [0.5, 0.6) is 0 Å². The number of anilines is 1. The first-order chi connectivity index (χ1) is 13.3. The van der Waals surface area contributed by atoms with Crippen molar-refractivity contribution < 1.29 is 4.79 Å². The first kappa shape index (κ1) is 19.4. The molecule has 0 saturated heterocycles. The van der Waals surface area contributed by atoms with Crippen molar-refractivity contribution in [2.45, 2.75) is 39.7 Å². The molecule has 1 amide bonds. The number of hydrogen-bond acceptors (Lipinski definition) is 4. The van der Waals surface area contributed by atoms with Crippen LogP contribution in [0.1, 0.15) is 29.6 Å². The Hall–Kier alpha value is -1.89. The van der Waals surface area contributed by atoms with Crippen LogP contribution in [0.4, 0.5) is 5.69 Å². The molecule has 0 saturated carbocycles. The highest BCUT2D eigenvalue weighted by Gasteiger charge is 2.24. The van der Waals surface area contributed by atoms with E-state index >= 15 is 0 Å². The predicted octanol–water partition coefficient (Wildman–Crippen LogP) is 4.84. The van der Waals surface area contributed by atoms with Crippen molar-refractivity contribution in [2.24, 2.45) is 5.92 Å². The van der Waals surface area contributed by atoms with Gasteiger partial charge in [-0.1, -0.05) is 36.2 Å². The Morgan fingerprint density at radius 2 is 2.18 bits per heavy atom. The molecule has 1 atom stereocenters. The first-order valence-corrected chi connectivity index (χ1v) is 10.7. The summed E-state index contributed by atoms with van der Waals surface area (Å²) in [6, 6.07) is 5.01. The molecule has 4 rings (SSSR count). The van der Waals surface area contributed by atoms with Gasteiger partial charge < -0.3 is 5.32 Å². The lowest BCUT2D eigenvalue weighted by Gasteiger charge is -2.17. The molecule has 146 valence electrons. The van der Waals surface area contributed by atoms with Gasteiger partial charge in [-0.15, -0.1) is 11.3 Å². The van der Waals surface area contributed by atoms with E-state index in [-0.39, 0.29) is 23.0 Å². The first-order valence-electron chi connectivity index (χ1n) is 9.10. The predicted molar refractivity (Wildman–Crippen MR) is 115 cm³/mol. The summed E-state index contributed by atoms with van der Waals surface area (Å²) in [5.74, 6) is 0.793. The number of nitrogens with one attached hydrogen (secondary N) is 1. The number of aromatic nitrogens is 2. The van der Waals surface area contributed by atoms with Gasteiger partial charge in [-0.05, 0) is 49.8 Å². The number of fused-ring (bicyclic) bond motifs is 3. The Morgan fingerprint density at radius 1 is 1.39 bits per heavy atom. The molecule has 2 aromatic heterocycles. The fourth-order valence-corrected chi connectivity index (χ4v) is 5.41. The molecule has 0 spiro atoms. The molecule has 3 aromatic rings. The summed E-state index contributed by atoms with van der Waals surface area (Å²) in [5, 5.41) is 4.03. The number of thiophene rings is 1. The molecule has 0 radical (unpaired) electrons. The summed E-state index contributed by atoms with van der Waals surface area (Å²) in [5.41, 5.74) is 1.38. The van der Waals surface area contributed by atoms with Crippen molar-refractivity contribution in [3.8, 4) is 0 Å². The molecule has 2 heterocycles. The molecule has 28 heavy (non-hydrogen) atoms. The van der Waals surface area contributed by atoms with Crippen molar-refractivity contribution in [3.63, 3.8) is 0 Å². The standard InChI is InChI=1S/C20H19Cl2N3O2S/c1-10-6-7-12-15(8-10)28-19-17(12)20(27)25(11(2)23-19)9-16(26)24-14-5-3-4-13(21)18(14)22/h3-5,10H,6-9H2,1-2H3,(H,24,26). The van der Waals surface area contributed by atoms with E-state index in [1.54, 1.807) is 36.5 Å². The number of benzene rings is 1. The number of aryl methyl sites for hydroxylation is 2. The highest BCUT2D eigenvalue weighted by atomic mass is 35.5. The maximum absolute atomic E-state index is 13.2. The number of hydrogen-bond donors (Lipinski definition) is 1. The van der Waals surface area contributed by atoms with Crippen molar-refractivity contribution in [2.75, 3.05) is 5.32 Å². The number of nitrogens with zero attached hydrogens (tertiary/aromatic N) is 2. The molecule has 0 aliphatic heterocycles. The fraction of sp³-hybridized carbons (Fsp3) is 0.350. The second-order valence-corrected chi connectivity index (χ2v) is 9.10. The number of amides is 1. The van der Waals surface area contributed by atoms with Gasteiger partial charge in [0.25, 0.3) is 5.56 Å². The van der Waals surface area contributed by atoms with E-state index in [2.05, 4.69) is 17.2 Å². The molecule has 5 nitrogen and oxygen atoms in total. The van der Waals surface area contributed by atoms with Gasteiger partial charge in [-0.25, -0.2) is 4.98 Å². The molecular formula is C20H19Cl2N3O2S. The van der Waals surface area contributed by atoms with Crippen LogP contribution in [0.2, 0.25) is 10.0 Å². The summed E-state index contributed by atoms with van der Waals surface area (Å²) in [6.45, 7) is 3.86. The number of rotatable bonds is 3. The van der Waals surface area contributed by atoms with Crippen LogP contribution in [0.3, 0.4) is 0 Å². The topological polar surface area (TPSA) is 64.0 Å². The van der Waals surface area contributed by atoms with Crippen LogP contribution in [0.15, 0.2) is 23.0 Å². The van der Waals surface area contributed by atoms with Gasteiger partial charge in [-0.3, -0.25) is 14.2 Å². The zero-order chi connectivity index (χ0) is 20.0. The smallest absolute Gasteiger partial charge is 0.263 e. The highest BCUT2D eigenvalue weighted by molar-refractivity contribution is 7.18. The van der Waals surface area contributed by atoms with E-state index in [1.165, 1.54) is 9.44 Å². The van der Waals surface area contributed by atoms with Gasteiger partial charge in [0, 0.05) is 4.88 Å². The minimum absolute atomic E-state index is 0.128. The molecular weight excluding hydrogens is 417 g/mol. The van der Waals surface area contributed by atoms with Crippen LogP contribution >= 0.6 is 34.5 Å². The average Bonchev–Trinajstić information content (AvgIpc) is 2.99. The molecule has 1 aromatic carbocycles. The summed E-state index contributed by atoms with van der Waals surface area (Å²) >= 11 is 13.7. The van der Waals surface area contributed by atoms with Crippen molar-refractivity contribution >= 4 is 56.3 Å². The van der Waals surface area contributed by atoms with Crippen molar-refractivity contribution in [1.29, 1.82) is 0 Å². The zero-order valence-electron chi connectivity index (χ0n) is 15.5. The van der Waals surface area contributed by atoms with Gasteiger partial charge in [0.15, 0.2) is 0 Å². The van der Waals surface area contributed by atoms with E-state index in [4.69, 9.17) is 23.2 Å². The molecule has 1 unspecified atom stereocenters. The largest absolute Gasteiger partial charge is 0.323 e. The molecule has 0 bridgehead atoms. The van der Waals surface area contributed by atoms with E-state index in [1.807, 2.05) is 0 Å². The Morgan fingerprint density at radius 3 is 2.96 bits per heavy atom. The van der Waals surface area contributed by atoms with E-state index in [0.717, 1.165) is 29.7 Å². The lowest BCUT2D eigenvalue weighted by molar-refractivity contribution is -0.116. The third kappa shape index (κ3) is 3.45. The summed E-state index contributed by atoms with van der Waals surface area (Å²) in [4.78, 5) is 32.4. The number of carbonyl (C=O) groups excluding carboxylic acids is 1. The van der Waals surface area contributed by atoms with Crippen LogP contribution in [-0.4, -0.2) is 15.5 Å². The minimum atomic E-state index is -0.353. The molecule has 0 fully saturated rings. The summed E-state index contributed by atoms with van der Waals surface area (Å²) < 4.78 is 1.43. The van der Waals surface area contributed by atoms with E-state index < -0.39 is 0 Å². The highest BCUT2D eigenvalue weighted by Crippen LogP contribution is 2.35. The third-order valence-electron chi connectivity index (χ3n) is 5.13. The third-order valence-corrected chi connectivity index (χ3v) is 7.10. The van der Waals surface area contributed by atoms with Gasteiger partial charge in [-0.2, -0.15) is 0 Å². The Balaban J connectivity index is 1.68. The Bertz CT molecular complexity index is 1150. The SMILES string of the molecule is Cc1nc2sc3c(c2c(=O)n1CC(=O)Nc1cccc(Cl)c1Cl)CCC(C)C3. The zero-order valence-corrected chi connectivity index (χ0v) is 17.8. The van der Waals surface area contributed by atoms with Crippen molar-refractivity contribution in [1.82, 2.24) is 9.55 Å². The van der Waals surface area contributed by atoms with Crippen molar-refractivity contribution in [3.05, 3.63) is 54.9 Å². The lowest BCUT2D eigenvalue weighted by Crippen LogP contribution is -2.30. The van der Waals surface area contributed by atoms with Crippen LogP contribution in [0, 0.1) is 12.8 Å². The maximum atomic E-state index is 13.2. The summed E-state index contributed by atoms with van der Waals surface area (Å²) in [7, 11) is 0. The summed E-state index contributed by atoms with van der Waals surface area (Å²) in [6.07, 6.45) is 2.95. The van der Waals surface area contributed by atoms with Crippen LogP contribution in [-0.2, 0) is 24.2 Å². The molecule has 1 aliphatic carbocycles. The molecule has 1 aliphatic rings. The maximum Gasteiger partial charge on any atom is 0.263 e. The van der Waals surface area contributed by atoms with Gasteiger partial charge in [0.2, 0.25) is 5.91 Å². The van der Waals surface area contributed by atoms with E-state index in [0.29, 0.717) is 27.8 Å². The second-order valence-electron chi connectivity index (χ2n) is 7.23. The van der Waals surface area contributed by atoms with Crippen LogP contribution < -0.4 is 10.9 Å². The van der Waals surface area contributed by atoms with Crippen LogP contribution in [0.25, 0.3) is 10.2 Å². The number of carbonyl (C=O) groups is 1. The molecule has 8 heteroatoms. The van der Waals surface area contributed by atoms with Gasteiger partial charge in [0.1, 0.15) is 17.2 Å². The fourth-order valence-electron chi connectivity index (χ4n) is 3.64. The Kier molecular flexibility index (Phi) is 5.21. The number of halogens is 2. The van der Waals surface area contributed by atoms with Gasteiger partial charge >= 0.3 is 0 Å². The monoisotopic (exact) mass is 435 g/mol. The molecule has 1 N–H and O–H groups in total. The quantitative estimate of drug-likeness (QED) is 0.639.